The fraction of sp³-hybridized carbons (Fsp3) is 0.200. The summed E-state index contributed by atoms with van der Waals surface area (Å²) in [5, 5.41) is 4.07. The van der Waals surface area contributed by atoms with Crippen LogP contribution >= 0.6 is 31.9 Å². The molecule has 1 amide bonds. The molecule has 0 spiro atoms. The van der Waals surface area contributed by atoms with Gasteiger partial charge in [0.15, 0.2) is 23.0 Å². The van der Waals surface area contributed by atoms with Gasteiger partial charge in [-0.25, -0.2) is 5.43 Å². The Kier molecular flexibility index (Phi) is 9.35. The third-order valence-corrected chi connectivity index (χ3v) is 5.77. The van der Waals surface area contributed by atoms with Crippen LogP contribution in [0, 0.1) is 0 Å². The highest BCUT2D eigenvalue weighted by Gasteiger charge is 2.13. The Bertz CT molecular complexity index is 1170. The Balaban J connectivity index is 1.68. The third kappa shape index (κ3) is 6.74. The van der Waals surface area contributed by atoms with Gasteiger partial charge >= 0.3 is 0 Å². The maximum absolute atomic E-state index is 12.5. The van der Waals surface area contributed by atoms with Crippen LogP contribution in [-0.4, -0.2) is 32.9 Å². The van der Waals surface area contributed by atoms with Gasteiger partial charge in [0.2, 0.25) is 0 Å². The Morgan fingerprint density at radius 1 is 0.941 bits per heavy atom. The number of halogens is 2. The maximum atomic E-state index is 12.5. The molecule has 3 rings (SSSR count). The summed E-state index contributed by atoms with van der Waals surface area (Å²) >= 11 is 6.95. The first kappa shape index (κ1) is 25.6. The first-order valence-corrected chi connectivity index (χ1v) is 11.9. The van der Waals surface area contributed by atoms with Crippen LogP contribution in [-0.2, 0) is 6.61 Å². The first-order valence-electron chi connectivity index (χ1n) is 10.3. The van der Waals surface area contributed by atoms with Gasteiger partial charge in [-0.15, -0.1) is 0 Å². The predicted octanol–water partition coefficient (Wildman–Crippen LogP) is 5.97. The number of hydrogen-bond donors (Lipinski definition) is 1. The van der Waals surface area contributed by atoms with Gasteiger partial charge in [0.25, 0.3) is 5.91 Å². The van der Waals surface area contributed by atoms with Crippen LogP contribution in [0.4, 0.5) is 0 Å². The monoisotopic (exact) mass is 590 g/mol. The molecule has 178 valence electrons. The van der Waals surface area contributed by atoms with E-state index in [1.54, 1.807) is 38.5 Å². The molecule has 0 bridgehead atoms. The van der Waals surface area contributed by atoms with Crippen LogP contribution in [0.1, 0.15) is 28.4 Å². The molecule has 0 unspecified atom stereocenters. The van der Waals surface area contributed by atoms with E-state index in [2.05, 4.69) is 42.4 Å². The van der Waals surface area contributed by atoms with Crippen molar-refractivity contribution in [2.45, 2.75) is 13.5 Å². The Morgan fingerprint density at radius 2 is 1.68 bits per heavy atom. The van der Waals surface area contributed by atoms with Crippen molar-refractivity contribution in [3.63, 3.8) is 0 Å². The third-order valence-electron chi connectivity index (χ3n) is 4.65. The Labute approximate surface area is 215 Å². The molecule has 9 heteroatoms. The summed E-state index contributed by atoms with van der Waals surface area (Å²) in [5.41, 5.74) is 4.66. The lowest BCUT2D eigenvalue weighted by Crippen LogP contribution is -2.17. The number of nitrogens with zero attached hydrogens (tertiary/aromatic N) is 1. The van der Waals surface area contributed by atoms with Crippen LogP contribution in [0.2, 0.25) is 0 Å². The van der Waals surface area contributed by atoms with Gasteiger partial charge in [-0.3, -0.25) is 4.79 Å². The molecule has 7 nitrogen and oxygen atoms in total. The number of hydrazone groups is 1. The molecule has 3 aromatic rings. The fourth-order valence-electron chi connectivity index (χ4n) is 3.01. The van der Waals surface area contributed by atoms with Crippen LogP contribution in [0.25, 0.3) is 0 Å². The highest BCUT2D eigenvalue weighted by molar-refractivity contribution is 9.10. The molecule has 0 radical (unpaired) electrons. The van der Waals surface area contributed by atoms with Gasteiger partial charge in [0, 0.05) is 10.0 Å². The molecular formula is C25H24Br2N2O5. The van der Waals surface area contributed by atoms with E-state index in [1.807, 2.05) is 37.3 Å². The quantitative estimate of drug-likeness (QED) is 0.232. The number of benzene rings is 3. The van der Waals surface area contributed by atoms with Crippen molar-refractivity contribution in [3.05, 3.63) is 80.2 Å². The van der Waals surface area contributed by atoms with Crippen LogP contribution < -0.4 is 24.4 Å². The molecule has 0 aromatic heterocycles. The highest BCUT2D eigenvalue weighted by Crippen LogP contribution is 2.37. The summed E-state index contributed by atoms with van der Waals surface area (Å²) in [5.74, 6) is 1.79. The second-order valence-corrected chi connectivity index (χ2v) is 8.72. The standard InChI is InChI=1S/C25H24Br2N2O5/c1-4-33-22-13-18(7-10-21(22)31-2)25(30)29-28-14-17-11-20(27)24(23(12-17)32-3)34-15-16-5-8-19(26)9-6-16/h5-14H,4,15H2,1-3H3,(H,29,30)/b28-14+. The average molecular weight is 592 g/mol. The van der Waals surface area contributed by atoms with E-state index in [4.69, 9.17) is 18.9 Å². The molecule has 0 saturated carbocycles. The number of carbonyl (C=O) groups is 1. The molecule has 3 aromatic carbocycles. The van der Waals surface area contributed by atoms with E-state index in [9.17, 15) is 4.79 Å². The molecule has 0 atom stereocenters. The number of hydrogen-bond acceptors (Lipinski definition) is 6. The minimum absolute atomic E-state index is 0.375. The normalized spacial score (nSPS) is 10.7. The van der Waals surface area contributed by atoms with E-state index in [0.29, 0.717) is 51.8 Å². The van der Waals surface area contributed by atoms with E-state index in [1.165, 1.54) is 6.21 Å². The molecular weight excluding hydrogens is 568 g/mol. The Morgan fingerprint density at radius 3 is 2.35 bits per heavy atom. The first-order chi connectivity index (χ1) is 16.4. The van der Waals surface area contributed by atoms with E-state index in [0.717, 1.165) is 10.0 Å². The number of ether oxygens (including phenoxy) is 4. The van der Waals surface area contributed by atoms with Gasteiger partial charge in [-0.2, -0.15) is 5.10 Å². The SMILES string of the molecule is CCOc1cc(C(=O)N/N=C/c2cc(Br)c(OCc3ccc(Br)cc3)c(OC)c2)ccc1OC. The maximum Gasteiger partial charge on any atom is 0.271 e. The number of nitrogens with one attached hydrogen (secondary N) is 1. The van der Waals surface area contributed by atoms with Crippen molar-refractivity contribution in [2.75, 3.05) is 20.8 Å². The number of rotatable bonds is 10. The van der Waals surface area contributed by atoms with Gasteiger partial charge in [-0.1, -0.05) is 28.1 Å². The summed E-state index contributed by atoms with van der Waals surface area (Å²) in [4.78, 5) is 12.5. The van der Waals surface area contributed by atoms with Gasteiger partial charge in [0.1, 0.15) is 6.61 Å². The summed E-state index contributed by atoms with van der Waals surface area (Å²) in [6.07, 6.45) is 1.52. The van der Waals surface area contributed by atoms with Crippen LogP contribution in [0.5, 0.6) is 23.0 Å². The van der Waals surface area contributed by atoms with Crippen molar-refractivity contribution < 1.29 is 23.7 Å². The summed E-state index contributed by atoms with van der Waals surface area (Å²) in [6.45, 7) is 2.70. The van der Waals surface area contributed by atoms with Crippen molar-refractivity contribution in [1.82, 2.24) is 5.43 Å². The van der Waals surface area contributed by atoms with Crippen LogP contribution in [0.3, 0.4) is 0 Å². The molecule has 0 saturated heterocycles. The minimum atomic E-state index is -0.375. The number of methoxy groups -OCH3 is 2. The second-order valence-electron chi connectivity index (χ2n) is 6.95. The van der Waals surface area contributed by atoms with Gasteiger partial charge in [0.05, 0.1) is 31.5 Å². The average Bonchev–Trinajstić information content (AvgIpc) is 2.84. The summed E-state index contributed by atoms with van der Waals surface area (Å²) in [7, 11) is 3.11. The Hall–Kier alpha value is -3.04. The van der Waals surface area contributed by atoms with Crippen molar-refractivity contribution in [1.29, 1.82) is 0 Å². The van der Waals surface area contributed by atoms with Gasteiger partial charge < -0.3 is 18.9 Å². The van der Waals surface area contributed by atoms with E-state index in [-0.39, 0.29) is 5.91 Å². The van der Waals surface area contributed by atoms with Crippen molar-refractivity contribution in [3.8, 4) is 23.0 Å². The lowest BCUT2D eigenvalue weighted by Gasteiger charge is -2.13. The van der Waals surface area contributed by atoms with Crippen molar-refractivity contribution in [2.24, 2.45) is 5.10 Å². The van der Waals surface area contributed by atoms with Crippen molar-refractivity contribution >= 4 is 44.0 Å². The number of carbonyl (C=O) groups excluding carboxylic acids is 1. The molecule has 0 fully saturated rings. The zero-order chi connectivity index (χ0) is 24.5. The molecule has 0 heterocycles. The highest BCUT2D eigenvalue weighted by atomic mass is 79.9. The minimum Gasteiger partial charge on any atom is -0.493 e. The summed E-state index contributed by atoms with van der Waals surface area (Å²) < 4.78 is 23.9. The lowest BCUT2D eigenvalue weighted by atomic mass is 10.2. The second kappa shape index (κ2) is 12.4. The molecule has 0 aliphatic rings. The van der Waals surface area contributed by atoms with Crippen LogP contribution in [0.15, 0.2) is 68.6 Å². The fourth-order valence-corrected chi connectivity index (χ4v) is 3.85. The molecule has 0 aliphatic heterocycles. The topological polar surface area (TPSA) is 78.4 Å². The zero-order valence-corrected chi connectivity index (χ0v) is 22.1. The molecule has 0 aliphatic carbocycles. The largest absolute Gasteiger partial charge is 0.493 e. The molecule has 1 N–H and O–H groups in total. The number of amides is 1. The summed E-state index contributed by atoms with van der Waals surface area (Å²) in [6, 6.07) is 16.4. The molecule has 34 heavy (non-hydrogen) atoms. The zero-order valence-electron chi connectivity index (χ0n) is 18.9. The predicted molar refractivity (Wildman–Crippen MR) is 138 cm³/mol. The van der Waals surface area contributed by atoms with Gasteiger partial charge in [-0.05, 0) is 76.4 Å². The van der Waals surface area contributed by atoms with E-state index < -0.39 is 0 Å². The lowest BCUT2D eigenvalue weighted by molar-refractivity contribution is 0.0954. The smallest absolute Gasteiger partial charge is 0.271 e. The van der Waals surface area contributed by atoms with E-state index >= 15 is 0 Å².